The Kier molecular flexibility index (Phi) is 3.98. The van der Waals surface area contributed by atoms with Crippen LogP contribution in [0.3, 0.4) is 0 Å². The van der Waals surface area contributed by atoms with E-state index >= 15 is 0 Å². The summed E-state index contributed by atoms with van der Waals surface area (Å²) in [5.74, 6) is -3.31. The van der Waals surface area contributed by atoms with Gasteiger partial charge in [0, 0.05) is 5.69 Å². The molecule has 3 fully saturated rings. The smallest absolute Gasteiger partial charge is 0.286 e. The second kappa shape index (κ2) is 6.18. The van der Waals surface area contributed by atoms with Gasteiger partial charge in [0.2, 0.25) is 11.8 Å². The van der Waals surface area contributed by atoms with Crippen LogP contribution >= 0.6 is 0 Å². The van der Waals surface area contributed by atoms with Crippen molar-refractivity contribution in [1.82, 2.24) is 4.90 Å². The van der Waals surface area contributed by atoms with E-state index < -0.39 is 42.4 Å². The van der Waals surface area contributed by atoms with Gasteiger partial charge in [-0.1, -0.05) is 24.3 Å². The number of imide groups is 1. The van der Waals surface area contributed by atoms with Gasteiger partial charge in [0.05, 0.1) is 11.8 Å². The number of hydrogen-bond donors (Lipinski definition) is 0. The zero-order valence-corrected chi connectivity index (χ0v) is 16.5. The quantitative estimate of drug-likeness (QED) is 0.560. The molecule has 1 heterocycles. The standard InChI is InChI=1S/C22H21F3N2O3/c1-10-4-3-5-16(11(10)2)26(21(30)22(23,24)25)9-27-19(28)17-12-6-7-13(15-8-14(12)15)18(17)20(27)29/h3-7,12-15,17-18H,8-9H2,1-2H3/t12-,13-,14-,15-,17-,18+/m1/s1. The minimum atomic E-state index is -5.13. The summed E-state index contributed by atoms with van der Waals surface area (Å²) in [5.41, 5.74) is 1.26. The minimum absolute atomic E-state index is 0.0288. The molecule has 6 atom stereocenters. The van der Waals surface area contributed by atoms with Gasteiger partial charge in [0.15, 0.2) is 0 Å². The molecule has 1 saturated heterocycles. The van der Waals surface area contributed by atoms with Crippen molar-refractivity contribution >= 4 is 23.4 Å². The monoisotopic (exact) mass is 418 g/mol. The molecule has 0 spiro atoms. The number of hydrogen-bond acceptors (Lipinski definition) is 3. The molecule has 0 aromatic heterocycles. The van der Waals surface area contributed by atoms with E-state index in [0.29, 0.717) is 27.9 Å². The molecule has 1 aromatic carbocycles. The van der Waals surface area contributed by atoms with Crippen molar-refractivity contribution in [3.63, 3.8) is 0 Å². The number of amides is 3. The van der Waals surface area contributed by atoms with Crippen LogP contribution in [0.4, 0.5) is 18.9 Å². The highest BCUT2D eigenvalue weighted by atomic mass is 19.4. The van der Waals surface area contributed by atoms with Gasteiger partial charge in [0.25, 0.3) is 0 Å². The highest BCUT2D eigenvalue weighted by Gasteiger charge is 2.67. The molecule has 4 aliphatic carbocycles. The van der Waals surface area contributed by atoms with Crippen LogP contribution in [0.1, 0.15) is 17.5 Å². The first-order valence-electron chi connectivity index (χ1n) is 10.1. The first-order valence-corrected chi connectivity index (χ1v) is 10.1. The molecule has 2 bridgehead atoms. The zero-order valence-electron chi connectivity index (χ0n) is 16.5. The highest BCUT2D eigenvalue weighted by Crippen LogP contribution is 2.65. The van der Waals surface area contributed by atoms with Gasteiger partial charge < -0.3 is 0 Å². The zero-order chi connectivity index (χ0) is 21.5. The first kappa shape index (κ1) is 19.3. The van der Waals surface area contributed by atoms with E-state index in [0.717, 1.165) is 11.3 Å². The van der Waals surface area contributed by atoms with Crippen LogP contribution in [-0.2, 0) is 14.4 Å². The predicted octanol–water partition coefficient (Wildman–Crippen LogP) is 3.21. The lowest BCUT2D eigenvalue weighted by Crippen LogP contribution is -2.49. The van der Waals surface area contributed by atoms with Crippen molar-refractivity contribution in [2.45, 2.75) is 26.4 Å². The molecule has 3 amide bonds. The Morgan fingerprint density at radius 1 is 1.07 bits per heavy atom. The van der Waals surface area contributed by atoms with Crippen molar-refractivity contribution in [3.05, 3.63) is 41.5 Å². The lowest BCUT2D eigenvalue weighted by atomic mass is 9.63. The number of aryl methyl sites for hydroxylation is 1. The number of alkyl halides is 3. The van der Waals surface area contributed by atoms with Gasteiger partial charge in [-0.3, -0.25) is 24.2 Å². The van der Waals surface area contributed by atoms with Crippen molar-refractivity contribution in [1.29, 1.82) is 0 Å². The Morgan fingerprint density at radius 3 is 2.17 bits per heavy atom. The normalized spacial score (nSPS) is 33.6. The van der Waals surface area contributed by atoms with Gasteiger partial charge in [-0.2, -0.15) is 13.2 Å². The van der Waals surface area contributed by atoms with Crippen molar-refractivity contribution in [3.8, 4) is 0 Å². The Morgan fingerprint density at radius 2 is 1.63 bits per heavy atom. The number of likely N-dealkylation sites (tertiary alicyclic amines) is 1. The third-order valence-electron chi connectivity index (χ3n) is 7.39. The lowest BCUT2D eigenvalue weighted by molar-refractivity contribution is -0.171. The van der Waals surface area contributed by atoms with E-state index in [-0.39, 0.29) is 17.5 Å². The number of carbonyl (C=O) groups excluding carboxylic acids is 3. The molecule has 1 aromatic rings. The molecular weight excluding hydrogens is 397 g/mol. The SMILES string of the molecule is Cc1cccc(N(CN2C(=O)[C@@H]3[C@@H]4C=C[C@H]([C@H]5C[C@H]45)[C@@H]3C2=O)C(=O)C(F)(F)F)c1C. The van der Waals surface area contributed by atoms with Crippen LogP contribution in [0.15, 0.2) is 30.4 Å². The summed E-state index contributed by atoms with van der Waals surface area (Å²) in [6, 6.07) is 4.69. The minimum Gasteiger partial charge on any atom is -0.286 e. The second-order valence-corrected chi connectivity index (χ2v) is 8.85. The van der Waals surface area contributed by atoms with Crippen LogP contribution in [0.25, 0.3) is 0 Å². The van der Waals surface area contributed by atoms with E-state index in [1.54, 1.807) is 26.0 Å². The molecule has 1 aliphatic heterocycles. The third kappa shape index (κ3) is 2.58. The number of carbonyl (C=O) groups is 3. The lowest BCUT2D eigenvalue weighted by Gasteiger charge is -2.37. The molecule has 8 heteroatoms. The van der Waals surface area contributed by atoms with Gasteiger partial charge >= 0.3 is 12.1 Å². The Labute approximate surface area is 171 Å². The molecular formula is C22H21F3N2O3. The number of halogens is 3. The summed E-state index contributed by atoms with van der Waals surface area (Å²) in [6.45, 7) is 2.62. The maximum Gasteiger partial charge on any atom is 0.471 e. The molecule has 2 saturated carbocycles. The van der Waals surface area contributed by atoms with Crippen LogP contribution in [0.2, 0.25) is 0 Å². The predicted molar refractivity (Wildman–Crippen MR) is 101 cm³/mol. The Balaban J connectivity index is 1.50. The van der Waals surface area contributed by atoms with Gasteiger partial charge in [-0.15, -0.1) is 0 Å². The summed E-state index contributed by atoms with van der Waals surface area (Å²) < 4.78 is 40.1. The van der Waals surface area contributed by atoms with Crippen LogP contribution in [0.5, 0.6) is 0 Å². The Hall–Kier alpha value is -2.64. The topological polar surface area (TPSA) is 57.7 Å². The summed E-state index contributed by atoms with van der Waals surface area (Å²) in [5, 5.41) is 0. The van der Waals surface area contributed by atoms with Crippen LogP contribution < -0.4 is 4.90 Å². The van der Waals surface area contributed by atoms with E-state index in [2.05, 4.69) is 0 Å². The van der Waals surface area contributed by atoms with Crippen LogP contribution in [0, 0.1) is 49.4 Å². The van der Waals surface area contributed by atoms with Crippen molar-refractivity contribution in [2.24, 2.45) is 35.5 Å². The molecule has 0 radical (unpaired) electrons. The summed E-state index contributed by atoms with van der Waals surface area (Å²) in [4.78, 5) is 40.0. The maximum absolute atomic E-state index is 13.4. The third-order valence-corrected chi connectivity index (χ3v) is 7.39. The highest BCUT2D eigenvalue weighted by molar-refractivity contribution is 6.07. The fraction of sp³-hybridized carbons (Fsp3) is 0.500. The molecule has 5 aliphatic rings. The number of anilines is 1. The largest absolute Gasteiger partial charge is 0.471 e. The van der Waals surface area contributed by atoms with Gasteiger partial charge in [-0.25, -0.2) is 0 Å². The number of rotatable bonds is 3. The fourth-order valence-corrected chi connectivity index (χ4v) is 5.73. The van der Waals surface area contributed by atoms with E-state index in [1.165, 1.54) is 6.07 Å². The van der Waals surface area contributed by atoms with Crippen LogP contribution in [-0.4, -0.2) is 35.5 Å². The average molecular weight is 418 g/mol. The van der Waals surface area contributed by atoms with Gasteiger partial charge in [0.1, 0.15) is 6.67 Å². The molecule has 5 nitrogen and oxygen atoms in total. The van der Waals surface area contributed by atoms with E-state index in [1.807, 2.05) is 12.2 Å². The summed E-state index contributed by atoms with van der Waals surface area (Å²) >= 11 is 0. The maximum atomic E-state index is 13.4. The van der Waals surface area contributed by atoms with Gasteiger partial charge in [-0.05, 0) is 61.1 Å². The Bertz CT molecular complexity index is 966. The van der Waals surface area contributed by atoms with Crippen molar-refractivity contribution in [2.75, 3.05) is 11.6 Å². The number of allylic oxidation sites excluding steroid dienone is 2. The molecule has 0 N–H and O–H groups in total. The molecule has 158 valence electrons. The summed E-state index contributed by atoms with van der Waals surface area (Å²) in [7, 11) is 0. The van der Waals surface area contributed by atoms with E-state index in [9.17, 15) is 27.6 Å². The number of benzene rings is 1. The molecule has 30 heavy (non-hydrogen) atoms. The summed E-state index contributed by atoms with van der Waals surface area (Å²) in [6.07, 6.45) is -0.135. The number of nitrogens with zero attached hydrogens (tertiary/aromatic N) is 2. The first-order chi connectivity index (χ1) is 14.1. The molecule has 0 unspecified atom stereocenters. The second-order valence-electron chi connectivity index (χ2n) is 8.85. The molecule has 6 rings (SSSR count). The van der Waals surface area contributed by atoms with Crippen molar-refractivity contribution < 1.29 is 27.6 Å². The average Bonchev–Trinajstić information content (AvgIpc) is 3.47. The van der Waals surface area contributed by atoms with E-state index in [4.69, 9.17) is 0 Å². The fourth-order valence-electron chi connectivity index (χ4n) is 5.73.